The highest BCUT2D eigenvalue weighted by Gasteiger charge is 2.50. The second-order valence-corrected chi connectivity index (χ2v) is 9.19. The van der Waals surface area contributed by atoms with Gasteiger partial charge in [0, 0.05) is 0 Å². The highest BCUT2D eigenvalue weighted by Crippen LogP contribution is 2.37. The van der Waals surface area contributed by atoms with Crippen molar-refractivity contribution in [1.29, 1.82) is 0 Å². The smallest absolute Gasteiger partial charge is 0.444 e. The van der Waals surface area contributed by atoms with Gasteiger partial charge in [-0.15, -0.1) is 0 Å². The summed E-state index contributed by atoms with van der Waals surface area (Å²) >= 11 is 0. The summed E-state index contributed by atoms with van der Waals surface area (Å²) in [5.41, 5.74) is -2.07. The molecule has 0 aromatic carbocycles. The Hall–Kier alpha value is -1.05. The third-order valence-electron chi connectivity index (χ3n) is 4.87. The van der Waals surface area contributed by atoms with Crippen molar-refractivity contribution < 1.29 is 23.6 Å². The average molecular weight is 353 g/mol. The number of carbonyl (C=O) groups is 1. The highest BCUT2D eigenvalue weighted by molar-refractivity contribution is 6.51. The van der Waals surface area contributed by atoms with Crippen LogP contribution in [0.4, 0.5) is 4.79 Å². The zero-order valence-electron chi connectivity index (χ0n) is 17.0. The fourth-order valence-electron chi connectivity index (χ4n) is 2.83. The van der Waals surface area contributed by atoms with Crippen LogP contribution < -0.4 is 0 Å². The van der Waals surface area contributed by atoms with Crippen LogP contribution in [0.3, 0.4) is 0 Å². The molecule has 0 radical (unpaired) electrons. The van der Waals surface area contributed by atoms with Gasteiger partial charge in [0.2, 0.25) is 0 Å². The standard InChI is InChI=1S/C18H32BNO5/c1-15(2,3)23-14(21)20-13(12-22-18(20,8)9)10-11-19-24-16(4,5)17(6,7)25-19/h10-11,13H,12H2,1-9H3/b11-10+/t13-/m0/s1. The Balaban J connectivity index is 2.11. The van der Waals surface area contributed by atoms with Crippen molar-refractivity contribution in [2.75, 3.05) is 6.61 Å². The van der Waals surface area contributed by atoms with E-state index in [1.54, 1.807) is 4.90 Å². The van der Waals surface area contributed by atoms with Gasteiger partial charge in [0.1, 0.15) is 11.3 Å². The SMILES string of the molecule is CC(C)(C)OC(=O)N1[C@@H](/C=C/B2OC(C)(C)C(C)(C)O2)COC1(C)C. The molecule has 142 valence electrons. The van der Waals surface area contributed by atoms with Gasteiger partial charge in [0.05, 0.1) is 23.9 Å². The third kappa shape index (κ3) is 4.38. The van der Waals surface area contributed by atoms with Crippen molar-refractivity contribution in [1.82, 2.24) is 4.90 Å². The van der Waals surface area contributed by atoms with Gasteiger partial charge in [-0.25, -0.2) is 4.79 Å². The van der Waals surface area contributed by atoms with E-state index >= 15 is 0 Å². The molecule has 0 unspecified atom stereocenters. The van der Waals surface area contributed by atoms with E-state index in [0.29, 0.717) is 6.61 Å². The Morgan fingerprint density at radius 2 is 1.64 bits per heavy atom. The maximum Gasteiger partial charge on any atom is 0.486 e. The summed E-state index contributed by atoms with van der Waals surface area (Å²) < 4.78 is 23.3. The molecule has 2 saturated heterocycles. The lowest BCUT2D eigenvalue weighted by molar-refractivity contribution is -0.0610. The van der Waals surface area contributed by atoms with Crippen molar-refractivity contribution in [2.45, 2.75) is 90.9 Å². The molecule has 1 amide bonds. The van der Waals surface area contributed by atoms with Gasteiger partial charge in [0.15, 0.2) is 0 Å². The number of carbonyl (C=O) groups excluding carboxylic acids is 1. The minimum Gasteiger partial charge on any atom is -0.444 e. The zero-order chi connectivity index (χ0) is 19.3. The summed E-state index contributed by atoms with van der Waals surface area (Å²) in [6, 6.07) is -0.233. The first kappa shape index (κ1) is 20.3. The first-order valence-corrected chi connectivity index (χ1v) is 8.85. The molecule has 0 saturated carbocycles. The quantitative estimate of drug-likeness (QED) is 0.711. The average Bonchev–Trinajstić information content (AvgIpc) is 2.78. The van der Waals surface area contributed by atoms with Crippen molar-refractivity contribution >= 4 is 13.2 Å². The molecule has 2 rings (SSSR count). The van der Waals surface area contributed by atoms with Gasteiger partial charge in [-0.1, -0.05) is 12.1 Å². The monoisotopic (exact) mass is 353 g/mol. The van der Waals surface area contributed by atoms with E-state index in [9.17, 15) is 4.79 Å². The van der Waals surface area contributed by atoms with E-state index in [0.717, 1.165) is 0 Å². The van der Waals surface area contributed by atoms with Gasteiger partial charge in [0.25, 0.3) is 0 Å². The van der Waals surface area contributed by atoms with Crippen LogP contribution in [-0.2, 0) is 18.8 Å². The van der Waals surface area contributed by atoms with Crippen molar-refractivity contribution in [3.63, 3.8) is 0 Å². The molecule has 0 aromatic rings. The Morgan fingerprint density at radius 1 is 1.12 bits per heavy atom. The predicted octanol–water partition coefficient (Wildman–Crippen LogP) is 3.55. The maximum absolute atomic E-state index is 12.6. The molecule has 6 nitrogen and oxygen atoms in total. The summed E-state index contributed by atoms with van der Waals surface area (Å²) in [5.74, 6) is 1.85. The number of rotatable bonds is 2. The highest BCUT2D eigenvalue weighted by atomic mass is 16.7. The molecule has 2 heterocycles. The first-order valence-electron chi connectivity index (χ1n) is 8.85. The Kier molecular flexibility index (Phi) is 5.10. The van der Waals surface area contributed by atoms with Crippen LogP contribution in [0.15, 0.2) is 12.1 Å². The fraction of sp³-hybridized carbons (Fsp3) is 0.833. The Bertz CT molecular complexity index is 534. The molecular formula is C18H32BNO5. The summed E-state index contributed by atoms with van der Waals surface area (Å²) in [5, 5.41) is 0. The van der Waals surface area contributed by atoms with Gasteiger partial charge in [-0.2, -0.15) is 0 Å². The van der Waals surface area contributed by atoms with Gasteiger partial charge in [-0.3, -0.25) is 4.90 Å². The first-order chi connectivity index (χ1) is 11.1. The van der Waals surface area contributed by atoms with Gasteiger partial charge < -0.3 is 18.8 Å². The number of amides is 1. The molecule has 0 aliphatic carbocycles. The lowest BCUT2D eigenvalue weighted by Crippen LogP contribution is -2.49. The van der Waals surface area contributed by atoms with Gasteiger partial charge in [-0.05, 0) is 62.3 Å². The summed E-state index contributed by atoms with van der Waals surface area (Å²) in [4.78, 5) is 14.2. The topological polar surface area (TPSA) is 57.2 Å². The number of nitrogens with zero attached hydrogens (tertiary/aromatic N) is 1. The van der Waals surface area contributed by atoms with Crippen LogP contribution in [0.5, 0.6) is 0 Å². The third-order valence-corrected chi connectivity index (χ3v) is 4.87. The van der Waals surface area contributed by atoms with Crippen LogP contribution >= 0.6 is 0 Å². The second-order valence-electron chi connectivity index (χ2n) is 9.19. The molecule has 0 N–H and O–H groups in total. The molecule has 25 heavy (non-hydrogen) atoms. The molecular weight excluding hydrogens is 321 g/mol. The maximum atomic E-state index is 12.6. The molecule has 2 aliphatic heterocycles. The summed E-state index contributed by atoms with van der Waals surface area (Å²) in [6.07, 6.45) is 1.51. The fourth-order valence-corrected chi connectivity index (χ4v) is 2.83. The number of hydrogen-bond donors (Lipinski definition) is 0. The Morgan fingerprint density at radius 3 is 2.12 bits per heavy atom. The molecule has 0 bridgehead atoms. The van der Waals surface area contributed by atoms with Crippen molar-refractivity contribution in [3.8, 4) is 0 Å². The van der Waals surface area contributed by atoms with Crippen LogP contribution in [0.2, 0.25) is 0 Å². The van der Waals surface area contributed by atoms with Crippen molar-refractivity contribution in [2.24, 2.45) is 0 Å². The van der Waals surface area contributed by atoms with E-state index in [1.165, 1.54) is 0 Å². The lowest BCUT2D eigenvalue weighted by Gasteiger charge is -2.34. The summed E-state index contributed by atoms with van der Waals surface area (Å²) in [7, 11) is -0.450. The number of ether oxygens (including phenoxy) is 2. The molecule has 1 atom stereocenters. The molecule has 0 aromatic heterocycles. The van der Waals surface area contributed by atoms with E-state index < -0.39 is 35.7 Å². The van der Waals surface area contributed by atoms with Crippen LogP contribution in [0, 0.1) is 0 Å². The number of hydrogen-bond acceptors (Lipinski definition) is 5. The minimum atomic E-state index is -0.729. The zero-order valence-corrected chi connectivity index (χ0v) is 17.0. The molecule has 2 fully saturated rings. The summed E-state index contributed by atoms with van der Waals surface area (Å²) in [6.45, 7) is 17.7. The van der Waals surface area contributed by atoms with Crippen molar-refractivity contribution in [3.05, 3.63) is 12.1 Å². The van der Waals surface area contributed by atoms with Crippen LogP contribution in [-0.4, -0.2) is 53.3 Å². The Labute approximate surface area is 152 Å². The van der Waals surface area contributed by atoms with E-state index in [2.05, 4.69) is 0 Å². The molecule has 0 spiro atoms. The van der Waals surface area contributed by atoms with E-state index in [1.807, 2.05) is 74.4 Å². The van der Waals surface area contributed by atoms with Crippen LogP contribution in [0.25, 0.3) is 0 Å². The molecule has 7 heteroatoms. The minimum absolute atomic E-state index is 0.233. The van der Waals surface area contributed by atoms with E-state index in [-0.39, 0.29) is 6.04 Å². The second kappa shape index (κ2) is 6.29. The predicted molar refractivity (Wildman–Crippen MR) is 97.1 cm³/mol. The lowest BCUT2D eigenvalue weighted by atomic mass is 9.89. The van der Waals surface area contributed by atoms with Crippen LogP contribution in [0.1, 0.15) is 62.3 Å². The van der Waals surface area contributed by atoms with E-state index in [4.69, 9.17) is 18.8 Å². The van der Waals surface area contributed by atoms with Gasteiger partial charge >= 0.3 is 13.2 Å². The molecule has 2 aliphatic rings. The largest absolute Gasteiger partial charge is 0.486 e. The normalized spacial score (nSPS) is 28.0.